The molecule has 0 atom stereocenters. The van der Waals surface area contributed by atoms with Crippen molar-refractivity contribution in [2.45, 2.75) is 13.2 Å². The third-order valence-corrected chi connectivity index (χ3v) is 4.99. The van der Waals surface area contributed by atoms with Crippen LogP contribution in [0.5, 0.6) is 17.2 Å². The molecule has 4 nitrogen and oxygen atoms in total. The van der Waals surface area contributed by atoms with Crippen molar-refractivity contribution < 1.29 is 14.2 Å². The van der Waals surface area contributed by atoms with Crippen molar-refractivity contribution in [1.29, 1.82) is 0 Å². The fourth-order valence-corrected chi connectivity index (χ4v) is 3.20. The molecule has 0 saturated heterocycles. The maximum absolute atomic E-state index is 6.47. The van der Waals surface area contributed by atoms with Gasteiger partial charge in [0.25, 0.3) is 0 Å². The monoisotopic (exact) mass is 427 g/mol. The standard InChI is InChI=1S/C23H22ClNO3S/c1-26-19-10-8-16(9-11-19)14-25-23(29)18-12-20(24)22(21(13-18)27-2)28-15-17-6-4-3-5-7-17/h3-13H,14-15H2,1-2H3,(H,25,29). The van der Waals surface area contributed by atoms with E-state index in [1.54, 1.807) is 20.3 Å². The van der Waals surface area contributed by atoms with Crippen molar-refractivity contribution in [2.24, 2.45) is 0 Å². The van der Waals surface area contributed by atoms with E-state index in [2.05, 4.69) is 5.32 Å². The van der Waals surface area contributed by atoms with E-state index in [1.807, 2.05) is 60.7 Å². The highest BCUT2D eigenvalue weighted by Gasteiger charge is 2.14. The zero-order chi connectivity index (χ0) is 20.6. The third kappa shape index (κ3) is 5.62. The van der Waals surface area contributed by atoms with E-state index in [-0.39, 0.29) is 0 Å². The molecule has 0 heterocycles. The largest absolute Gasteiger partial charge is 0.497 e. The number of hydrogen-bond donors (Lipinski definition) is 1. The molecule has 3 aromatic rings. The smallest absolute Gasteiger partial charge is 0.180 e. The SMILES string of the molecule is COc1ccc(CNC(=S)c2cc(Cl)c(OCc3ccccc3)c(OC)c2)cc1. The van der Waals surface area contributed by atoms with Crippen LogP contribution in [0.3, 0.4) is 0 Å². The van der Waals surface area contributed by atoms with E-state index < -0.39 is 0 Å². The van der Waals surface area contributed by atoms with E-state index in [1.165, 1.54) is 0 Å². The molecule has 0 aliphatic heterocycles. The van der Waals surface area contributed by atoms with Crippen molar-refractivity contribution in [2.75, 3.05) is 14.2 Å². The van der Waals surface area contributed by atoms with Crippen molar-refractivity contribution >= 4 is 28.8 Å². The number of methoxy groups -OCH3 is 2. The van der Waals surface area contributed by atoms with Crippen LogP contribution < -0.4 is 19.5 Å². The molecular formula is C23H22ClNO3S. The Balaban J connectivity index is 1.68. The number of hydrogen-bond acceptors (Lipinski definition) is 4. The lowest BCUT2D eigenvalue weighted by Crippen LogP contribution is -2.21. The Kier molecular flexibility index (Phi) is 7.33. The predicted octanol–water partition coefficient (Wildman–Crippen LogP) is 5.40. The van der Waals surface area contributed by atoms with E-state index in [4.69, 9.17) is 38.0 Å². The molecular weight excluding hydrogens is 406 g/mol. The van der Waals surface area contributed by atoms with E-state index in [9.17, 15) is 0 Å². The summed E-state index contributed by atoms with van der Waals surface area (Å²) in [6.07, 6.45) is 0. The molecule has 3 rings (SSSR count). The molecule has 3 aromatic carbocycles. The van der Waals surface area contributed by atoms with Gasteiger partial charge in [0.2, 0.25) is 0 Å². The van der Waals surface area contributed by atoms with Crippen LogP contribution in [0.2, 0.25) is 5.02 Å². The molecule has 29 heavy (non-hydrogen) atoms. The highest BCUT2D eigenvalue weighted by Crippen LogP contribution is 2.37. The summed E-state index contributed by atoms with van der Waals surface area (Å²) in [4.78, 5) is 0.579. The minimum Gasteiger partial charge on any atom is -0.497 e. The lowest BCUT2D eigenvalue weighted by atomic mass is 10.1. The Morgan fingerprint density at radius 2 is 1.66 bits per heavy atom. The van der Waals surface area contributed by atoms with Crippen LogP contribution in [0.25, 0.3) is 0 Å². The van der Waals surface area contributed by atoms with Crippen molar-refractivity contribution in [1.82, 2.24) is 5.32 Å². The molecule has 0 spiro atoms. The summed E-state index contributed by atoms with van der Waals surface area (Å²) < 4.78 is 16.6. The summed E-state index contributed by atoms with van der Waals surface area (Å²) in [5.74, 6) is 1.86. The summed E-state index contributed by atoms with van der Waals surface area (Å²) >= 11 is 12.0. The zero-order valence-corrected chi connectivity index (χ0v) is 17.8. The summed E-state index contributed by atoms with van der Waals surface area (Å²) in [5, 5.41) is 3.69. The fraction of sp³-hybridized carbons (Fsp3) is 0.174. The average molecular weight is 428 g/mol. The first-order chi connectivity index (χ1) is 14.1. The summed E-state index contributed by atoms with van der Waals surface area (Å²) in [5.41, 5.74) is 2.91. The molecule has 0 aliphatic rings. The quantitative estimate of drug-likeness (QED) is 0.487. The fourth-order valence-electron chi connectivity index (χ4n) is 2.75. The summed E-state index contributed by atoms with van der Waals surface area (Å²) in [7, 11) is 3.23. The molecule has 0 amide bonds. The van der Waals surface area contributed by atoms with Gasteiger partial charge in [-0.25, -0.2) is 0 Å². The van der Waals surface area contributed by atoms with Gasteiger partial charge in [0.1, 0.15) is 17.3 Å². The number of ether oxygens (including phenoxy) is 3. The van der Waals surface area contributed by atoms with Crippen molar-refractivity contribution in [3.8, 4) is 17.2 Å². The van der Waals surface area contributed by atoms with Crippen LogP contribution in [0.4, 0.5) is 0 Å². The van der Waals surface area contributed by atoms with Gasteiger partial charge in [0, 0.05) is 12.1 Å². The van der Waals surface area contributed by atoms with E-state index in [0.29, 0.717) is 34.7 Å². The van der Waals surface area contributed by atoms with Crippen LogP contribution in [-0.4, -0.2) is 19.2 Å². The van der Waals surface area contributed by atoms with Gasteiger partial charge in [0.15, 0.2) is 11.5 Å². The minimum absolute atomic E-state index is 0.399. The first kappa shape index (κ1) is 21.0. The molecule has 0 aliphatic carbocycles. The van der Waals surface area contributed by atoms with Gasteiger partial charge in [-0.3, -0.25) is 0 Å². The topological polar surface area (TPSA) is 39.7 Å². The maximum atomic E-state index is 6.47. The third-order valence-electron chi connectivity index (χ3n) is 4.33. The van der Waals surface area contributed by atoms with Crippen LogP contribution in [-0.2, 0) is 13.2 Å². The Hall–Kier alpha value is -2.76. The lowest BCUT2D eigenvalue weighted by molar-refractivity contribution is 0.284. The molecule has 6 heteroatoms. The van der Waals surface area contributed by atoms with Crippen LogP contribution >= 0.6 is 23.8 Å². The van der Waals surface area contributed by atoms with Gasteiger partial charge in [-0.15, -0.1) is 0 Å². The highest BCUT2D eigenvalue weighted by atomic mass is 35.5. The Labute approximate surface area is 181 Å². The number of halogens is 1. The molecule has 0 fully saturated rings. The van der Waals surface area contributed by atoms with Crippen LogP contribution in [0, 0.1) is 0 Å². The van der Waals surface area contributed by atoms with Gasteiger partial charge in [-0.2, -0.15) is 0 Å². The second-order valence-electron chi connectivity index (χ2n) is 6.29. The maximum Gasteiger partial charge on any atom is 0.180 e. The molecule has 0 bridgehead atoms. The first-order valence-electron chi connectivity index (χ1n) is 9.06. The summed E-state index contributed by atoms with van der Waals surface area (Å²) in [6.45, 7) is 0.992. The van der Waals surface area contributed by atoms with Gasteiger partial charge in [0.05, 0.1) is 19.2 Å². The number of benzene rings is 3. The zero-order valence-electron chi connectivity index (χ0n) is 16.3. The Bertz CT molecular complexity index is 962. The molecule has 0 radical (unpaired) electrons. The van der Waals surface area contributed by atoms with Gasteiger partial charge >= 0.3 is 0 Å². The second kappa shape index (κ2) is 10.1. The van der Waals surface area contributed by atoms with Gasteiger partial charge < -0.3 is 19.5 Å². The minimum atomic E-state index is 0.399. The number of nitrogens with one attached hydrogen (secondary N) is 1. The highest BCUT2D eigenvalue weighted by molar-refractivity contribution is 7.80. The predicted molar refractivity (Wildman–Crippen MR) is 120 cm³/mol. The lowest BCUT2D eigenvalue weighted by Gasteiger charge is -2.15. The molecule has 0 saturated carbocycles. The van der Waals surface area contributed by atoms with Gasteiger partial charge in [-0.1, -0.05) is 66.3 Å². The van der Waals surface area contributed by atoms with E-state index in [0.717, 1.165) is 22.4 Å². The second-order valence-corrected chi connectivity index (χ2v) is 7.11. The van der Waals surface area contributed by atoms with Crippen LogP contribution in [0.1, 0.15) is 16.7 Å². The Morgan fingerprint density at radius 1 is 0.931 bits per heavy atom. The van der Waals surface area contributed by atoms with Gasteiger partial charge in [-0.05, 0) is 35.4 Å². The normalized spacial score (nSPS) is 10.3. The molecule has 150 valence electrons. The molecule has 0 unspecified atom stereocenters. The van der Waals surface area contributed by atoms with Crippen molar-refractivity contribution in [3.05, 3.63) is 88.4 Å². The summed E-state index contributed by atoms with van der Waals surface area (Å²) in [6, 6.07) is 21.3. The van der Waals surface area contributed by atoms with E-state index >= 15 is 0 Å². The molecule has 0 aromatic heterocycles. The van der Waals surface area contributed by atoms with Crippen LogP contribution in [0.15, 0.2) is 66.7 Å². The average Bonchev–Trinajstić information content (AvgIpc) is 2.77. The molecule has 1 N–H and O–H groups in total. The van der Waals surface area contributed by atoms with Crippen molar-refractivity contribution in [3.63, 3.8) is 0 Å². The number of rotatable bonds is 8. The first-order valence-corrected chi connectivity index (χ1v) is 9.84. The Morgan fingerprint density at radius 3 is 2.31 bits per heavy atom. The number of thiocarbonyl (C=S) groups is 1.